The summed E-state index contributed by atoms with van der Waals surface area (Å²) >= 11 is 0. The van der Waals surface area contributed by atoms with Crippen LogP contribution in [0.25, 0.3) is 10.9 Å². The molecule has 0 bridgehead atoms. The van der Waals surface area contributed by atoms with Crippen molar-refractivity contribution in [3.05, 3.63) is 70.3 Å². The van der Waals surface area contributed by atoms with E-state index in [9.17, 15) is 14.9 Å². The highest BCUT2D eigenvalue weighted by Gasteiger charge is 2.28. The van der Waals surface area contributed by atoms with Gasteiger partial charge in [-0.1, -0.05) is 51.3 Å². The maximum atomic E-state index is 13.5. The number of para-hydroxylation sites is 1. The normalized spacial score (nSPS) is 11.7. The Morgan fingerprint density at radius 2 is 1.91 bits per heavy atom. The molecule has 0 radical (unpaired) electrons. The number of nitrogens with one attached hydrogen (secondary N) is 1. The van der Waals surface area contributed by atoms with E-state index in [4.69, 9.17) is 4.98 Å². The van der Waals surface area contributed by atoms with Crippen LogP contribution in [0.15, 0.2) is 53.3 Å². The van der Waals surface area contributed by atoms with Crippen molar-refractivity contribution in [2.24, 2.45) is 0 Å². The van der Waals surface area contributed by atoms with Gasteiger partial charge in [0.2, 0.25) is 0 Å². The summed E-state index contributed by atoms with van der Waals surface area (Å²) in [5, 5.41) is 12.7. The summed E-state index contributed by atoms with van der Waals surface area (Å²) in [4.78, 5) is 33.4. The fraction of sp³-hybridized carbons (Fsp3) is 0.407. The molecule has 2 aromatic carbocycles. The Balaban J connectivity index is 2.01. The Morgan fingerprint density at radius 3 is 2.62 bits per heavy atom. The Labute approximate surface area is 201 Å². The monoisotopic (exact) mass is 459 g/mol. The number of rotatable bonds is 10. The number of unbranched alkanes of at least 4 members (excludes halogenated alkanes) is 3. The topological polar surface area (TPSA) is 91.0 Å². The molecule has 1 atom stereocenters. The predicted molar refractivity (Wildman–Crippen MR) is 136 cm³/mol. The number of nitrogens with zero attached hydrogens (tertiary/aromatic N) is 4. The van der Waals surface area contributed by atoms with Crippen LogP contribution in [0.3, 0.4) is 0 Å². The van der Waals surface area contributed by atoms with Crippen LogP contribution in [0.5, 0.6) is 0 Å². The fourth-order valence-corrected chi connectivity index (χ4v) is 4.26. The van der Waals surface area contributed by atoms with Crippen molar-refractivity contribution in [2.75, 3.05) is 11.9 Å². The number of hydrogen-bond acceptors (Lipinski definition) is 4. The van der Waals surface area contributed by atoms with Crippen LogP contribution in [-0.2, 0) is 6.54 Å². The van der Waals surface area contributed by atoms with Gasteiger partial charge in [0.1, 0.15) is 5.82 Å². The second-order valence-corrected chi connectivity index (χ2v) is 8.34. The molecule has 1 N–H and O–H groups in total. The maximum Gasteiger partial charge on any atom is 0.322 e. The van der Waals surface area contributed by atoms with Crippen LogP contribution < -0.4 is 10.9 Å². The summed E-state index contributed by atoms with van der Waals surface area (Å²) in [6, 6.07) is 15.7. The highest BCUT2D eigenvalue weighted by molar-refractivity contribution is 5.90. The number of anilines is 1. The highest BCUT2D eigenvalue weighted by atomic mass is 16.2. The van der Waals surface area contributed by atoms with Gasteiger partial charge in [-0.2, -0.15) is 5.26 Å². The number of hydrogen-bond donors (Lipinski definition) is 1. The van der Waals surface area contributed by atoms with Crippen molar-refractivity contribution in [2.45, 2.75) is 65.5 Å². The van der Waals surface area contributed by atoms with Crippen LogP contribution in [-0.4, -0.2) is 27.0 Å². The second kappa shape index (κ2) is 12.0. The molecule has 2 amide bonds. The lowest BCUT2D eigenvalue weighted by Crippen LogP contribution is -2.41. The fourth-order valence-electron chi connectivity index (χ4n) is 4.26. The molecule has 0 saturated carbocycles. The van der Waals surface area contributed by atoms with Crippen molar-refractivity contribution >= 4 is 22.6 Å². The minimum absolute atomic E-state index is 0.0883. The van der Waals surface area contributed by atoms with Crippen LogP contribution in [0.4, 0.5) is 10.5 Å². The van der Waals surface area contributed by atoms with E-state index in [1.807, 2.05) is 32.0 Å². The van der Waals surface area contributed by atoms with E-state index in [0.29, 0.717) is 47.5 Å². The molecule has 3 rings (SSSR count). The van der Waals surface area contributed by atoms with Crippen molar-refractivity contribution in [1.82, 2.24) is 14.5 Å². The average molecular weight is 460 g/mol. The molecule has 1 unspecified atom stereocenters. The summed E-state index contributed by atoms with van der Waals surface area (Å²) in [6.45, 7) is 7.11. The molecule has 7 nitrogen and oxygen atoms in total. The zero-order valence-corrected chi connectivity index (χ0v) is 20.3. The van der Waals surface area contributed by atoms with Gasteiger partial charge in [-0.3, -0.25) is 9.36 Å². The number of nitriles is 1. The first-order valence-corrected chi connectivity index (χ1v) is 12.1. The lowest BCUT2D eigenvalue weighted by atomic mass is 10.1. The summed E-state index contributed by atoms with van der Waals surface area (Å²) < 4.78 is 1.68. The predicted octanol–water partition coefficient (Wildman–Crippen LogP) is 5.85. The molecule has 0 saturated heterocycles. The van der Waals surface area contributed by atoms with Crippen molar-refractivity contribution in [3.63, 3.8) is 0 Å². The first-order chi connectivity index (χ1) is 16.5. The number of benzene rings is 2. The van der Waals surface area contributed by atoms with E-state index in [0.717, 1.165) is 25.7 Å². The minimum atomic E-state index is -0.363. The van der Waals surface area contributed by atoms with Crippen molar-refractivity contribution in [1.29, 1.82) is 5.26 Å². The van der Waals surface area contributed by atoms with Crippen LogP contribution in [0.2, 0.25) is 0 Å². The van der Waals surface area contributed by atoms with Crippen LogP contribution >= 0.6 is 0 Å². The third-order valence-electron chi connectivity index (χ3n) is 6.02. The largest absolute Gasteiger partial charge is 0.322 e. The summed E-state index contributed by atoms with van der Waals surface area (Å²) in [7, 11) is 0. The molecule has 178 valence electrons. The number of urea groups is 1. The van der Waals surface area contributed by atoms with Gasteiger partial charge in [0.25, 0.3) is 5.56 Å². The van der Waals surface area contributed by atoms with E-state index in [-0.39, 0.29) is 17.6 Å². The first kappa shape index (κ1) is 25.0. The molecule has 3 aromatic rings. The standard InChI is InChI=1S/C27H33N5O2/c1-4-7-8-11-17-32(27(34)29-21-14-12-13-20(18-21)19-28)24(5-2)25-30-23-16-10-9-15-22(23)26(33)31(25)6-3/h9-10,12-16,18,24H,4-8,11,17H2,1-3H3,(H,29,34). The van der Waals surface area contributed by atoms with E-state index in [2.05, 4.69) is 18.3 Å². The van der Waals surface area contributed by atoms with Crippen LogP contribution in [0, 0.1) is 11.3 Å². The van der Waals surface area contributed by atoms with Crippen LogP contribution in [0.1, 0.15) is 70.3 Å². The number of fused-ring (bicyclic) bond motifs is 1. The molecule has 0 aliphatic rings. The quantitative estimate of drug-likeness (QED) is 0.385. The Kier molecular flexibility index (Phi) is 8.80. The second-order valence-electron chi connectivity index (χ2n) is 8.34. The van der Waals surface area contributed by atoms with Gasteiger partial charge in [0.15, 0.2) is 0 Å². The van der Waals surface area contributed by atoms with E-state index in [1.165, 1.54) is 0 Å². The summed E-state index contributed by atoms with van der Waals surface area (Å²) in [6.07, 6.45) is 4.70. The Morgan fingerprint density at radius 1 is 1.12 bits per heavy atom. The first-order valence-electron chi connectivity index (χ1n) is 12.1. The third-order valence-corrected chi connectivity index (χ3v) is 6.02. The Hall–Kier alpha value is -3.66. The summed E-state index contributed by atoms with van der Waals surface area (Å²) in [5.41, 5.74) is 1.60. The number of carbonyl (C=O) groups is 1. The zero-order chi connectivity index (χ0) is 24.5. The lowest BCUT2D eigenvalue weighted by Gasteiger charge is -2.32. The molecule has 0 aliphatic heterocycles. The van der Waals surface area contributed by atoms with Gasteiger partial charge in [0.05, 0.1) is 28.6 Å². The molecule has 0 aliphatic carbocycles. The Bertz CT molecular complexity index is 1230. The van der Waals surface area contributed by atoms with Crippen molar-refractivity contribution < 1.29 is 4.79 Å². The number of aromatic nitrogens is 2. The van der Waals surface area contributed by atoms with Gasteiger partial charge >= 0.3 is 6.03 Å². The molecule has 0 fully saturated rings. The molecule has 34 heavy (non-hydrogen) atoms. The molecular weight excluding hydrogens is 426 g/mol. The third kappa shape index (κ3) is 5.63. The van der Waals surface area contributed by atoms with Gasteiger partial charge in [-0.05, 0) is 50.1 Å². The smallest absolute Gasteiger partial charge is 0.314 e. The molecule has 7 heteroatoms. The molecular formula is C27H33N5O2. The zero-order valence-electron chi connectivity index (χ0n) is 20.3. The van der Waals surface area contributed by atoms with Gasteiger partial charge in [-0.15, -0.1) is 0 Å². The maximum absolute atomic E-state index is 13.5. The summed E-state index contributed by atoms with van der Waals surface area (Å²) in [5.74, 6) is 0.602. The highest BCUT2D eigenvalue weighted by Crippen LogP contribution is 2.26. The van der Waals surface area contributed by atoms with Gasteiger partial charge < -0.3 is 10.2 Å². The molecule has 0 spiro atoms. The molecule has 1 heterocycles. The lowest BCUT2D eigenvalue weighted by molar-refractivity contribution is 0.178. The van der Waals surface area contributed by atoms with Crippen molar-refractivity contribution in [3.8, 4) is 6.07 Å². The van der Waals surface area contributed by atoms with Gasteiger partial charge in [-0.25, -0.2) is 9.78 Å². The minimum Gasteiger partial charge on any atom is -0.314 e. The van der Waals surface area contributed by atoms with E-state index < -0.39 is 0 Å². The average Bonchev–Trinajstić information content (AvgIpc) is 2.86. The molecule has 1 aromatic heterocycles. The van der Waals surface area contributed by atoms with E-state index in [1.54, 1.807) is 39.8 Å². The van der Waals surface area contributed by atoms with Gasteiger partial charge in [0, 0.05) is 18.8 Å². The SMILES string of the molecule is CCCCCCN(C(=O)Nc1cccc(C#N)c1)C(CC)c1nc2ccccc2c(=O)n1CC. The number of carbonyl (C=O) groups excluding carboxylic acids is 1. The van der Waals surface area contributed by atoms with E-state index >= 15 is 0 Å². The number of amides is 2.